The van der Waals surface area contributed by atoms with Crippen LogP contribution in [0, 0.1) is 11.3 Å². The van der Waals surface area contributed by atoms with E-state index in [-0.39, 0.29) is 12.0 Å². The van der Waals surface area contributed by atoms with Crippen LogP contribution in [0.1, 0.15) is 5.56 Å². The van der Waals surface area contributed by atoms with Crippen LogP contribution in [0.5, 0.6) is 12.0 Å². The Labute approximate surface area is 128 Å². The minimum absolute atomic E-state index is 0.162. The van der Waals surface area contributed by atoms with Crippen molar-refractivity contribution in [1.29, 1.82) is 5.26 Å². The van der Waals surface area contributed by atoms with Crippen LogP contribution in [0.3, 0.4) is 0 Å². The van der Waals surface area contributed by atoms with Gasteiger partial charge in [-0.15, -0.1) is 4.98 Å². The van der Waals surface area contributed by atoms with Crippen LogP contribution < -0.4 is 9.47 Å². The Hall–Kier alpha value is -1.85. The zero-order valence-corrected chi connectivity index (χ0v) is 13.0. The largest absolute Gasteiger partial charge is 0.467 e. The number of hydrogen-bond donors (Lipinski definition) is 0. The number of halogens is 1. The fraction of sp³-hybridized carbons (Fsp3) is 0.167. The third kappa shape index (κ3) is 3.37. The molecule has 0 atom stereocenters. The highest BCUT2D eigenvalue weighted by Crippen LogP contribution is 2.30. The van der Waals surface area contributed by atoms with Gasteiger partial charge in [-0.05, 0) is 30.0 Å². The predicted octanol–water partition coefficient (Wildman–Crippen LogP) is 2.67. The van der Waals surface area contributed by atoms with Crippen LogP contribution in [-0.2, 0) is 0 Å². The van der Waals surface area contributed by atoms with Crippen LogP contribution in [0.2, 0.25) is 0 Å². The summed E-state index contributed by atoms with van der Waals surface area (Å²) >= 11 is 4.57. The molecule has 0 bridgehead atoms. The maximum atomic E-state index is 9.14. The van der Waals surface area contributed by atoms with Crippen molar-refractivity contribution in [3.05, 3.63) is 28.2 Å². The van der Waals surface area contributed by atoms with Gasteiger partial charge in [-0.1, -0.05) is 15.9 Å². The molecule has 0 aliphatic rings. The van der Waals surface area contributed by atoms with Crippen molar-refractivity contribution < 1.29 is 9.47 Å². The number of rotatable bonds is 4. The van der Waals surface area contributed by atoms with Crippen LogP contribution >= 0.6 is 27.7 Å². The highest BCUT2D eigenvalue weighted by Gasteiger charge is 2.11. The number of hydrogen-bond acceptors (Lipinski definition) is 7. The summed E-state index contributed by atoms with van der Waals surface area (Å²) in [7, 11) is 2.92. The summed E-state index contributed by atoms with van der Waals surface area (Å²) in [6.45, 7) is 0. The van der Waals surface area contributed by atoms with Crippen molar-refractivity contribution in [2.24, 2.45) is 0 Å². The minimum Gasteiger partial charge on any atom is -0.467 e. The Morgan fingerprint density at radius 3 is 2.35 bits per heavy atom. The lowest BCUT2D eigenvalue weighted by molar-refractivity contribution is 0.332. The van der Waals surface area contributed by atoms with Crippen LogP contribution in [0.15, 0.2) is 32.7 Å². The van der Waals surface area contributed by atoms with E-state index in [1.54, 1.807) is 6.07 Å². The average molecular weight is 353 g/mol. The normalized spacial score (nSPS) is 9.90. The Balaban J connectivity index is 2.37. The van der Waals surface area contributed by atoms with Gasteiger partial charge in [0.1, 0.15) is 6.07 Å². The van der Waals surface area contributed by atoms with Crippen LogP contribution in [0.4, 0.5) is 0 Å². The molecule has 2 aromatic rings. The molecule has 1 aromatic carbocycles. The Bertz CT molecular complexity index is 653. The second-order valence-corrected chi connectivity index (χ2v) is 5.37. The van der Waals surface area contributed by atoms with E-state index in [9.17, 15) is 0 Å². The van der Waals surface area contributed by atoms with Crippen molar-refractivity contribution in [1.82, 2.24) is 15.0 Å². The van der Waals surface area contributed by atoms with Crippen LogP contribution in [-0.4, -0.2) is 29.2 Å². The molecule has 0 amide bonds. The third-order valence-electron chi connectivity index (χ3n) is 2.20. The molecule has 6 nitrogen and oxygen atoms in total. The number of nitriles is 1. The molecule has 0 saturated heterocycles. The molecule has 0 aliphatic carbocycles. The van der Waals surface area contributed by atoms with E-state index < -0.39 is 0 Å². The van der Waals surface area contributed by atoms with Gasteiger partial charge >= 0.3 is 12.0 Å². The van der Waals surface area contributed by atoms with Gasteiger partial charge in [0.05, 0.1) is 19.8 Å². The van der Waals surface area contributed by atoms with E-state index in [2.05, 4.69) is 37.0 Å². The number of benzene rings is 1. The van der Waals surface area contributed by atoms with Gasteiger partial charge in [0, 0.05) is 9.37 Å². The zero-order chi connectivity index (χ0) is 14.5. The zero-order valence-electron chi connectivity index (χ0n) is 10.6. The summed E-state index contributed by atoms with van der Waals surface area (Å²) in [6.07, 6.45) is 0. The highest BCUT2D eigenvalue weighted by atomic mass is 79.9. The van der Waals surface area contributed by atoms with Gasteiger partial charge in [0.25, 0.3) is 0 Å². The molecule has 102 valence electrons. The monoisotopic (exact) mass is 352 g/mol. The lowest BCUT2D eigenvalue weighted by atomic mass is 10.2. The number of methoxy groups -OCH3 is 2. The molecule has 8 heteroatoms. The molecular formula is C12H9BrN4O2S. The maximum absolute atomic E-state index is 9.14. The van der Waals surface area contributed by atoms with Crippen LogP contribution in [0.25, 0.3) is 0 Å². The molecule has 1 heterocycles. The number of nitrogens with zero attached hydrogens (tertiary/aromatic N) is 4. The molecule has 20 heavy (non-hydrogen) atoms. The Kier molecular flexibility index (Phi) is 4.76. The van der Waals surface area contributed by atoms with E-state index in [1.165, 1.54) is 26.0 Å². The molecule has 1 aromatic heterocycles. The summed E-state index contributed by atoms with van der Waals surface area (Å²) in [5.41, 5.74) is 0.530. The van der Waals surface area contributed by atoms with Gasteiger partial charge in [-0.25, -0.2) is 0 Å². The van der Waals surface area contributed by atoms with Gasteiger partial charge in [0.15, 0.2) is 0 Å². The molecule has 0 N–H and O–H groups in total. The summed E-state index contributed by atoms with van der Waals surface area (Å²) in [4.78, 5) is 12.9. The number of aromatic nitrogens is 3. The van der Waals surface area contributed by atoms with E-state index >= 15 is 0 Å². The van der Waals surface area contributed by atoms with Crippen molar-refractivity contribution in [3.63, 3.8) is 0 Å². The van der Waals surface area contributed by atoms with Gasteiger partial charge in [-0.3, -0.25) is 0 Å². The molecule has 0 saturated carbocycles. The first-order valence-corrected chi connectivity index (χ1v) is 6.98. The first-order valence-electron chi connectivity index (χ1n) is 5.38. The van der Waals surface area contributed by atoms with Gasteiger partial charge in [-0.2, -0.15) is 15.2 Å². The quantitative estimate of drug-likeness (QED) is 0.836. The smallest absolute Gasteiger partial charge is 0.323 e. The van der Waals surface area contributed by atoms with Crippen molar-refractivity contribution in [2.45, 2.75) is 10.1 Å². The van der Waals surface area contributed by atoms with E-state index in [0.717, 1.165) is 9.37 Å². The molecule has 0 fully saturated rings. The molecular weight excluding hydrogens is 344 g/mol. The molecule has 0 aliphatic heterocycles. The maximum Gasteiger partial charge on any atom is 0.323 e. The van der Waals surface area contributed by atoms with E-state index in [4.69, 9.17) is 14.7 Å². The fourth-order valence-electron chi connectivity index (χ4n) is 1.33. The lowest BCUT2D eigenvalue weighted by Gasteiger charge is -2.06. The molecule has 2 rings (SSSR count). The SMILES string of the molecule is COc1nc(OC)nc(Sc2ccc(Br)cc2C#N)n1. The highest BCUT2D eigenvalue weighted by molar-refractivity contribution is 9.10. The fourth-order valence-corrected chi connectivity index (χ4v) is 2.48. The summed E-state index contributed by atoms with van der Waals surface area (Å²) in [5.74, 6) is 0. The predicted molar refractivity (Wildman–Crippen MR) is 75.9 cm³/mol. The van der Waals surface area contributed by atoms with Gasteiger partial charge < -0.3 is 9.47 Å². The lowest BCUT2D eigenvalue weighted by Crippen LogP contribution is -2.00. The number of ether oxygens (including phenoxy) is 2. The van der Waals surface area contributed by atoms with Crippen molar-refractivity contribution in [3.8, 4) is 18.1 Å². The van der Waals surface area contributed by atoms with Gasteiger partial charge in [0.2, 0.25) is 5.16 Å². The van der Waals surface area contributed by atoms with E-state index in [1.807, 2.05) is 12.1 Å². The van der Waals surface area contributed by atoms with Crippen molar-refractivity contribution in [2.75, 3.05) is 14.2 Å². The Morgan fingerprint density at radius 1 is 1.15 bits per heavy atom. The Morgan fingerprint density at radius 2 is 1.80 bits per heavy atom. The van der Waals surface area contributed by atoms with Crippen molar-refractivity contribution >= 4 is 27.7 Å². The average Bonchev–Trinajstić information content (AvgIpc) is 2.48. The summed E-state index contributed by atoms with van der Waals surface area (Å²) < 4.78 is 10.8. The third-order valence-corrected chi connectivity index (χ3v) is 3.64. The molecule has 0 radical (unpaired) electrons. The minimum atomic E-state index is 0.162. The van der Waals surface area contributed by atoms with E-state index in [0.29, 0.717) is 10.7 Å². The molecule has 0 unspecified atom stereocenters. The first-order chi connectivity index (χ1) is 9.66. The summed E-state index contributed by atoms with van der Waals surface area (Å²) in [5, 5.41) is 9.53. The standard InChI is InChI=1S/C12H9BrN4O2S/c1-18-10-15-11(19-2)17-12(16-10)20-9-4-3-8(13)5-7(9)6-14/h3-5H,1-2H3. The molecule has 0 spiro atoms. The first kappa shape index (κ1) is 14.6. The summed E-state index contributed by atoms with van der Waals surface area (Å²) in [6, 6.07) is 7.85. The second kappa shape index (κ2) is 6.54. The topological polar surface area (TPSA) is 80.9 Å². The second-order valence-electron chi connectivity index (χ2n) is 3.45.